The first-order chi connectivity index (χ1) is 13.7. The highest BCUT2D eigenvalue weighted by Crippen LogP contribution is 2.66. The molecule has 0 aliphatic heterocycles. The molecule has 4 aliphatic carbocycles. The van der Waals surface area contributed by atoms with Gasteiger partial charge in [-0.3, -0.25) is 0 Å². The maximum atomic E-state index is 10.2. The summed E-state index contributed by atoms with van der Waals surface area (Å²) in [6.07, 6.45) is 15.3. The zero-order valence-corrected chi connectivity index (χ0v) is 19.8. The van der Waals surface area contributed by atoms with Crippen LogP contribution in [0.25, 0.3) is 0 Å². The highest BCUT2D eigenvalue weighted by Gasteiger charge is 2.58. The smallest absolute Gasteiger partial charge is 0.0543 e. The second kappa shape index (κ2) is 7.85. The van der Waals surface area contributed by atoms with Crippen LogP contribution in [0.4, 0.5) is 0 Å². The van der Waals surface area contributed by atoms with Crippen LogP contribution in [0.5, 0.6) is 0 Å². The van der Waals surface area contributed by atoms with E-state index < -0.39 is 0 Å². The molecule has 1 nitrogen and oxygen atoms in total. The van der Waals surface area contributed by atoms with Crippen LogP contribution in [0.15, 0.2) is 23.8 Å². The Morgan fingerprint density at radius 2 is 1.76 bits per heavy atom. The van der Waals surface area contributed by atoms with E-state index in [0.717, 1.165) is 36.5 Å². The number of aliphatic hydroxyl groups is 1. The van der Waals surface area contributed by atoms with E-state index >= 15 is 0 Å². The van der Waals surface area contributed by atoms with Gasteiger partial charge in [0.1, 0.15) is 0 Å². The summed E-state index contributed by atoms with van der Waals surface area (Å²) in [7, 11) is 0. The van der Waals surface area contributed by atoms with Crippen molar-refractivity contribution in [3.63, 3.8) is 0 Å². The normalized spacial score (nSPS) is 45.2. The first kappa shape index (κ1) is 21.7. The Morgan fingerprint density at radius 3 is 2.48 bits per heavy atom. The summed E-state index contributed by atoms with van der Waals surface area (Å²) in [5.74, 6) is 4.65. The molecule has 0 heterocycles. The fourth-order valence-electron chi connectivity index (χ4n) is 8.37. The molecule has 164 valence electrons. The Morgan fingerprint density at radius 1 is 1.07 bits per heavy atom. The first-order valence-electron chi connectivity index (χ1n) is 12.7. The number of hydrogen-bond donors (Lipinski definition) is 1. The molecule has 3 saturated carbocycles. The van der Waals surface area contributed by atoms with Crippen LogP contribution in [0.3, 0.4) is 0 Å². The summed E-state index contributed by atoms with van der Waals surface area (Å²) >= 11 is 0. The molecule has 29 heavy (non-hydrogen) atoms. The average Bonchev–Trinajstić information content (AvgIpc) is 3.03. The minimum absolute atomic E-state index is 0.0471. The van der Waals surface area contributed by atoms with Crippen LogP contribution in [0, 0.1) is 46.3 Å². The summed E-state index contributed by atoms with van der Waals surface area (Å²) in [5, 5.41) is 10.2. The minimum Gasteiger partial charge on any atom is -0.393 e. The third kappa shape index (κ3) is 3.58. The van der Waals surface area contributed by atoms with Gasteiger partial charge in [-0.2, -0.15) is 0 Å². The molecule has 0 spiro atoms. The Hall–Kier alpha value is -0.560. The lowest BCUT2D eigenvalue weighted by Gasteiger charge is -2.57. The van der Waals surface area contributed by atoms with E-state index in [4.69, 9.17) is 0 Å². The number of hydrogen-bond acceptors (Lipinski definition) is 1. The molecule has 4 aliphatic rings. The molecule has 1 heteroatoms. The second-order valence-electron chi connectivity index (χ2n) is 12.2. The molecule has 0 amide bonds. The van der Waals surface area contributed by atoms with E-state index in [9.17, 15) is 5.11 Å². The number of fused-ring (bicyclic) bond motifs is 5. The molecule has 3 fully saturated rings. The van der Waals surface area contributed by atoms with Gasteiger partial charge < -0.3 is 5.11 Å². The molecular weight excluding hydrogens is 352 g/mol. The first-order valence-corrected chi connectivity index (χ1v) is 12.7. The van der Waals surface area contributed by atoms with Gasteiger partial charge in [0.05, 0.1) is 6.10 Å². The average molecular weight is 399 g/mol. The third-order valence-corrected chi connectivity index (χ3v) is 10.5. The third-order valence-electron chi connectivity index (χ3n) is 10.5. The highest BCUT2D eigenvalue weighted by molar-refractivity contribution is 5.27. The molecule has 0 radical (unpaired) electrons. The van der Waals surface area contributed by atoms with Crippen molar-refractivity contribution in [2.75, 3.05) is 0 Å². The Kier molecular flexibility index (Phi) is 5.86. The van der Waals surface area contributed by atoms with Gasteiger partial charge in [-0.25, -0.2) is 0 Å². The second-order valence-corrected chi connectivity index (χ2v) is 12.2. The molecule has 8 atom stereocenters. The van der Waals surface area contributed by atoms with Crippen LogP contribution in [0.1, 0.15) is 98.8 Å². The van der Waals surface area contributed by atoms with Gasteiger partial charge in [-0.05, 0) is 111 Å². The van der Waals surface area contributed by atoms with Crippen molar-refractivity contribution in [2.24, 2.45) is 46.3 Å². The van der Waals surface area contributed by atoms with Gasteiger partial charge >= 0.3 is 0 Å². The monoisotopic (exact) mass is 398 g/mol. The van der Waals surface area contributed by atoms with Gasteiger partial charge in [-0.1, -0.05) is 58.4 Å². The van der Waals surface area contributed by atoms with Crippen molar-refractivity contribution >= 4 is 0 Å². The number of rotatable bonds is 5. The maximum absolute atomic E-state index is 10.2. The van der Waals surface area contributed by atoms with Crippen molar-refractivity contribution in [1.29, 1.82) is 0 Å². The molecule has 0 aromatic heterocycles. The topological polar surface area (TPSA) is 20.2 Å². The van der Waals surface area contributed by atoms with Gasteiger partial charge in [0, 0.05) is 0 Å². The van der Waals surface area contributed by atoms with E-state index in [1.165, 1.54) is 56.9 Å². The van der Waals surface area contributed by atoms with Crippen LogP contribution in [-0.4, -0.2) is 11.2 Å². The Labute approximate surface area is 180 Å². The van der Waals surface area contributed by atoms with Gasteiger partial charge in [-0.15, -0.1) is 0 Å². The van der Waals surface area contributed by atoms with Crippen LogP contribution >= 0.6 is 0 Å². The van der Waals surface area contributed by atoms with E-state index in [-0.39, 0.29) is 6.10 Å². The molecule has 0 bridgehead atoms. The standard InChI is InChI=1S/C28H46O/c1-18(2)19(3)7-8-20(4)24-11-12-25-23-10-9-21-17-22(29)13-15-27(21,5)26(23)14-16-28(24,25)6/h10,18,20-22,24-26,29H,3,7-9,11-17H2,1-2,4-6H3/t20-,21+,22-,24-,25+,26+,27+,28-/m1/s1. The number of aliphatic hydroxyl groups excluding tert-OH is 1. The summed E-state index contributed by atoms with van der Waals surface area (Å²) < 4.78 is 0. The molecule has 0 saturated heterocycles. The van der Waals surface area contributed by atoms with E-state index in [1.807, 2.05) is 5.57 Å². The molecule has 4 rings (SSSR count). The summed E-state index contributed by atoms with van der Waals surface area (Å²) in [5.41, 5.74) is 4.26. The lowest BCUT2D eigenvalue weighted by molar-refractivity contribution is -0.0427. The molecule has 0 unspecified atom stereocenters. The lowest BCUT2D eigenvalue weighted by Crippen LogP contribution is -2.49. The minimum atomic E-state index is -0.0471. The van der Waals surface area contributed by atoms with E-state index in [0.29, 0.717) is 22.7 Å². The number of allylic oxidation sites excluding steroid dienone is 3. The van der Waals surface area contributed by atoms with E-state index in [2.05, 4.69) is 47.3 Å². The van der Waals surface area contributed by atoms with Gasteiger partial charge in [0.2, 0.25) is 0 Å². The largest absolute Gasteiger partial charge is 0.393 e. The fraction of sp³-hybridized carbons (Fsp3) is 0.857. The van der Waals surface area contributed by atoms with E-state index in [1.54, 1.807) is 0 Å². The molecule has 0 aromatic rings. The zero-order valence-electron chi connectivity index (χ0n) is 19.8. The Balaban J connectivity index is 1.50. The van der Waals surface area contributed by atoms with Crippen molar-refractivity contribution in [3.05, 3.63) is 23.8 Å². The predicted octanol–water partition coefficient (Wildman–Crippen LogP) is 7.55. The Bertz CT molecular complexity index is 659. The molecular formula is C28H46O. The highest BCUT2D eigenvalue weighted by atomic mass is 16.3. The van der Waals surface area contributed by atoms with Gasteiger partial charge in [0.25, 0.3) is 0 Å². The van der Waals surface area contributed by atoms with Crippen molar-refractivity contribution in [2.45, 2.75) is 105 Å². The lowest BCUT2D eigenvalue weighted by atomic mass is 9.47. The van der Waals surface area contributed by atoms with Crippen LogP contribution in [0.2, 0.25) is 0 Å². The zero-order chi connectivity index (χ0) is 21.0. The van der Waals surface area contributed by atoms with Crippen molar-refractivity contribution in [3.8, 4) is 0 Å². The fourth-order valence-corrected chi connectivity index (χ4v) is 8.37. The summed E-state index contributed by atoms with van der Waals surface area (Å²) in [6, 6.07) is 0. The van der Waals surface area contributed by atoms with Crippen molar-refractivity contribution < 1.29 is 5.11 Å². The quantitative estimate of drug-likeness (QED) is 0.474. The predicted molar refractivity (Wildman–Crippen MR) is 124 cm³/mol. The van der Waals surface area contributed by atoms with Crippen LogP contribution < -0.4 is 0 Å². The molecule has 0 aromatic carbocycles. The van der Waals surface area contributed by atoms with Gasteiger partial charge in [0.15, 0.2) is 0 Å². The molecule has 1 N–H and O–H groups in total. The summed E-state index contributed by atoms with van der Waals surface area (Å²) in [6.45, 7) is 16.7. The summed E-state index contributed by atoms with van der Waals surface area (Å²) in [4.78, 5) is 0. The SMILES string of the molecule is C=C(CC[C@@H](C)[C@H]1CC[C@H]2C3=CC[C@H]4C[C@H](O)CC[C@]4(C)[C@H]3CC[C@]12C)C(C)C. The maximum Gasteiger partial charge on any atom is 0.0543 e. The van der Waals surface area contributed by atoms with Crippen LogP contribution in [-0.2, 0) is 0 Å². The van der Waals surface area contributed by atoms with Crippen molar-refractivity contribution in [1.82, 2.24) is 0 Å².